The van der Waals surface area contributed by atoms with Gasteiger partial charge in [0.05, 0.1) is 21.3 Å². The molecule has 0 bridgehead atoms. The first kappa shape index (κ1) is 29.0. The zero-order chi connectivity index (χ0) is 27.3. The Labute approximate surface area is 219 Å². The highest BCUT2D eigenvalue weighted by atomic mass is 32.2. The molecule has 0 saturated carbocycles. The van der Waals surface area contributed by atoms with Crippen LogP contribution in [0, 0.1) is 20.8 Å². The monoisotopic (exact) mass is 566 g/mol. The van der Waals surface area contributed by atoms with E-state index in [4.69, 9.17) is 4.18 Å². The molecule has 3 rings (SSSR count). The average molecular weight is 567 g/mol. The van der Waals surface area contributed by atoms with Gasteiger partial charge < -0.3 is 0 Å². The Bertz CT molecular complexity index is 1520. The fraction of sp³-hybridized carbons (Fsp3) is 0.280. The zero-order valence-corrected chi connectivity index (χ0v) is 23.2. The molecule has 1 atom stereocenters. The molecule has 0 aliphatic rings. The van der Waals surface area contributed by atoms with E-state index in [0.29, 0.717) is 0 Å². The molecule has 200 valence electrons. The molecule has 37 heavy (non-hydrogen) atoms. The molecule has 0 saturated heterocycles. The summed E-state index contributed by atoms with van der Waals surface area (Å²) in [6.07, 6.45) is -0.0698. The maximum absolute atomic E-state index is 12.9. The van der Waals surface area contributed by atoms with Gasteiger partial charge in [0.1, 0.15) is 0 Å². The highest BCUT2D eigenvalue weighted by Gasteiger charge is 2.24. The number of aryl methyl sites for hydroxylation is 3. The van der Waals surface area contributed by atoms with Crippen molar-refractivity contribution in [1.82, 2.24) is 9.44 Å². The van der Waals surface area contributed by atoms with Crippen molar-refractivity contribution in [2.45, 2.75) is 47.9 Å². The van der Waals surface area contributed by atoms with Crippen molar-refractivity contribution in [3.63, 3.8) is 0 Å². The van der Waals surface area contributed by atoms with Crippen LogP contribution in [0.15, 0.2) is 87.5 Å². The van der Waals surface area contributed by atoms with Crippen molar-refractivity contribution >= 4 is 30.2 Å². The van der Waals surface area contributed by atoms with Crippen LogP contribution in [0.4, 0.5) is 0 Å². The van der Waals surface area contributed by atoms with Crippen molar-refractivity contribution in [2.75, 3.05) is 13.2 Å². The third kappa shape index (κ3) is 8.19. The molecule has 9 nitrogen and oxygen atoms in total. The van der Waals surface area contributed by atoms with E-state index in [1.165, 1.54) is 36.4 Å². The average Bonchev–Trinajstić information content (AvgIpc) is 2.83. The van der Waals surface area contributed by atoms with Gasteiger partial charge in [0.15, 0.2) is 0 Å². The summed E-state index contributed by atoms with van der Waals surface area (Å²) < 4.78 is 86.5. The van der Waals surface area contributed by atoms with E-state index in [-0.39, 0.29) is 27.7 Å². The predicted molar refractivity (Wildman–Crippen MR) is 141 cm³/mol. The van der Waals surface area contributed by atoms with Crippen LogP contribution in [0.2, 0.25) is 0 Å². The van der Waals surface area contributed by atoms with Gasteiger partial charge >= 0.3 is 0 Å². The lowest BCUT2D eigenvalue weighted by molar-refractivity contribution is 0.276. The molecule has 0 heterocycles. The summed E-state index contributed by atoms with van der Waals surface area (Å²) in [4.78, 5) is -0.0175. The van der Waals surface area contributed by atoms with Crippen molar-refractivity contribution in [3.05, 3.63) is 89.5 Å². The van der Waals surface area contributed by atoms with Crippen molar-refractivity contribution in [1.29, 1.82) is 0 Å². The number of nitrogens with one attached hydrogen (secondary N) is 2. The predicted octanol–water partition coefficient (Wildman–Crippen LogP) is 3.03. The number of rotatable bonds is 12. The lowest BCUT2D eigenvalue weighted by Crippen LogP contribution is -2.41. The highest BCUT2D eigenvalue weighted by molar-refractivity contribution is 7.89. The summed E-state index contributed by atoms with van der Waals surface area (Å²) in [6.45, 7) is 4.76. The molecule has 3 aromatic rings. The maximum atomic E-state index is 12.9. The third-order valence-corrected chi connectivity index (χ3v) is 9.81. The van der Waals surface area contributed by atoms with E-state index in [1.54, 1.807) is 36.4 Å². The fourth-order valence-electron chi connectivity index (χ4n) is 3.29. The van der Waals surface area contributed by atoms with Crippen molar-refractivity contribution in [3.8, 4) is 0 Å². The lowest BCUT2D eigenvalue weighted by Gasteiger charge is -2.19. The van der Waals surface area contributed by atoms with Gasteiger partial charge in [-0.15, -0.1) is 0 Å². The van der Waals surface area contributed by atoms with E-state index in [2.05, 4.69) is 9.44 Å². The van der Waals surface area contributed by atoms with Crippen LogP contribution in [0.3, 0.4) is 0 Å². The van der Waals surface area contributed by atoms with Crippen molar-refractivity contribution in [2.24, 2.45) is 0 Å². The van der Waals surface area contributed by atoms with Crippen molar-refractivity contribution < 1.29 is 29.4 Å². The Balaban J connectivity index is 1.75. The van der Waals surface area contributed by atoms with Crippen LogP contribution in [0.5, 0.6) is 0 Å². The minimum atomic E-state index is -4.17. The zero-order valence-electron chi connectivity index (χ0n) is 20.7. The summed E-state index contributed by atoms with van der Waals surface area (Å²) in [5.74, 6) is 0. The van der Waals surface area contributed by atoms with Gasteiger partial charge in [-0.3, -0.25) is 4.18 Å². The second kappa shape index (κ2) is 11.8. The molecular formula is C25H30N2O7S3. The van der Waals surface area contributed by atoms with E-state index < -0.39 is 42.8 Å². The summed E-state index contributed by atoms with van der Waals surface area (Å²) in [5.41, 5.74) is 2.63. The maximum Gasteiger partial charge on any atom is 0.297 e. The van der Waals surface area contributed by atoms with Crippen LogP contribution < -0.4 is 9.44 Å². The van der Waals surface area contributed by atoms with Gasteiger partial charge in [-0.25, -0.2) is 26.3 Å². The quantitative estimate of drug-likeness (QED) is 0.322. The second-order valence-corrected chi connectivity index (χ2v) is 13.8. The first-order valence-corrected chi connectivity index (χ1v) is 15.8. The van der Waals surface area contributed by atoms with Crippen LogP contribution in [0.1, 0.15) is 23.1 Å². The Kier molecular flexibility index (Phi) is 9.27. The summed E-state index contributed by atoms with van der Waals surface area (Å²) in [7, 11) is -12.1. The van der Waals surface area contributed by atoms with E-state index in [1.807, 2.05) is 20.8 Å². The van der Waals surface area contributed by atoms with E-state index in [0.717, 1.165) is 16.7 Å². The molecular weight excluding hydrogens is 536 g/mol. The van der Waals surface area contributed by atoms with E-state index >= 15 is 0 Å². The largest absolute Gasteiger partial charge is 0.297 e. The molecule has 0 spiro atoms. The third-order valence-electron chi connectivity index (χ3n) is 5.50. The minimum absolute atomic E-state index is 0.00951. The molecule has 0 fully saturated rings. The fourth-order valence-corrected chi connectivity index (χ4v) is 6.55. The first-order chi connectivity index (χ1) is 17.3. The molecule has 3 aromatic carbocycles. The molecule has 0 amide bonds. The molecule has 0 aliphatic carbocycles. The normalized spacial score (nSPS) is 13.4. The Morgan fingerprint density at radius 2 is 1.03 bits per heavy atom. The SMILES string of the molecule is Cc1ccc(S(=O)(=O)NCC[C@@H](COS(=O)(=O)c2ccc(C)cc2)NS(=O)(=O)c2ccc(C)cc2)cc1. The van der Waals surface area contributed by atoms with Crippen LogP contribution in [0.25, 0.3) is 0 Å². The molecule has 0 radical (unpaired) electrons. The second-order valence-electron chi connectivity index (χ2n) is 8.68. The summed E-state index contributed by atoms with van der Waals surface area (Å²) in [5, 5.41) is 0. The molecule has 0 aromatic heterocycles. The standard InChI is InChI=1S/C25H30N2O7S3/c1-19-4-10-23(11-5-19)35(28,29)26-17-16-22(27-36(30,31)24-12-6-20(2)7-13-24)18-34-37(32,33)25-14-8-21(3)9-15-25/h4-15,22,26-27H,16-18H2,1-3H3/t22-/m0/s1. The number of hydrogen-bond acceptors (Lipinski definition) is 7. The van der Waals surface area contributed by atoms with Crippen LogP contribution in [-0.4, -0.2) is 44.4 Å². The number of benzene rings is 3. The number of sulfonamides is 2. The van der Waals surface area contributed by atoms with Gasteiger partial charge in [0.25, 0.3) is 10.1 Å². The topological polar surface area (TPSA) is 136 Å². The Morgan fingerprint density at radius 3 is 1.49 bits per heavy atom. The van der Waals surface area contributed by atoms with Gasteiger partial charge in [-0.1, -0.05) is 53.1 Å². The van der Waals surface area contributed by atoms with Crippen LogP contribution in [-0.2, 0) is 34.3 Å². The molecule has 12 heteroatoms. The van der Waals surface area contributed by atoms with Gasteiger partial charge in [0.2, 0.25) is 20.0 Å². The first-order valence-electron chi connectivity index (χ1n) is 11.4. The minimum Gasteiger partial charge on any atom is -0.265 e. The molecule has 2 N–H and O–H groups in total. The van der Waals surface area contributed by atoms with E-state index in [9.17, 15) is 25.3 Å². The van der Waals surface area contributed by atoms with Gasteiger partial charge in [-0.05, 0) is 63.6 Å². The Morgan fingerprint density at radius 1 is 0.622 bits per heavy atom. The summed E-state index contributed by atoms with van der Waals surface area (Å²) >= 11 is 0. The summed E-state index contributed by atoms with van der Waals surface area (Å²) in [6, 6.07) is 17.4. The van der Waals surface area contributed by atoms with Gasteiger partial charge in [0, 0.05) is 12.6 Å². The Hall–Kier alpha value is -2.61. The van der Waals surface area contributed by atoms with Gasteiger partial charge in [-0.2, -0.15) is 8.42 Å². The smallest absolute Gasteiger partial charge is 0.265 e. The molecule has 0 aliphatic heterocycles. The highest BCUT2D eigenvalue weighted by Crippen LogP contribution is 2.16. The molecule has 0 unspecified atom stereocenters. The number of hydrogen-bond donors (Lipinski definition) is 2. The lowest BCUT2D eigenvalue weighted by atomic mass is 10.2. The van der Waals surface area contributed by atoms with Crippen LogP contribution >= 0.6 is 0 Å².